The largest absolute Gasteiger partial charge is 0.464 e. The van der Waals surface area contributed by atoms with Crippen molar-refractivity contribution in [2.24, 2.45) is 0 Å². The van der Waals surface area contributed by atoms with Gasteiger partial charge in [-0.15, -0.1) is 0 Å². The van der Waals surface area contributed by atoms with Crippen molar-refractivity contribution in [1.82, 2.24) is 19.7 Å². The van der Waals surface area contributed by atoms with Gasteiger partial charge in [-0.05, 0) is 24.3 Å². The van der Waals surface area contributed by atoms with Gasteiger partial charge in [0.05, 0.1) is 19.8 Å². The molecule has 3 aliphatic rings. The predicted molar refractivity (Wildman–Crippen MR) is 165 cm³/mol. The molecule has 0 aliphatic carbocycles. The van der Waals surface area contributed by atoms with Crippen LogP contribution in [0.15, 0.2) is 82.5 Å². The second kappa shape index (κ2) is 14.6. The van der Waals surface area contributed by atoms with Crippen molar-refractivity contribution in [3.63, 3.8) is 0 Å². The number of hydrogen-bond acceptors (Lipinski definition) is 13. The molecule has 3 fully saturated rings. The molecule has 50 heavy (non-hydrogen) atoms. The van der Waals surface area contributed by atoms with Gasteiger partial charge in [0.25, 0.3) is 5.56 Å². The zero-order chi connectivity index (χ0) is 35.5. The second-order valence-corrected chi connectivity index (χ2v) is 14.5. The molecule has 21 heteroatoms. The molecule has 7 atom stereocenters. The Kier molecular flexibility index (Phi) is 10.4. The van der Waals surface area contributed by atoms with Crippen LogP contribution in [-0.4, -0.2) is 71.5 Å². The van der Waals surface area contributed by atoms with Crippen molar-refractivity contribution in [3.05, 3.63) is 93.8 Å². The zero-order valence-corrected chi connectivity index (χ0v) is 27.5. The number of nitrogens with zero attached hydrogens (tertiary/aromatic N) is 1. The molecular weight excluding hydrogens is 712 g/mol. The van der Waals surface area contributed by atoms with Crippen molar-refractivity contribution in [2.75, 3.05) is 19.8 Å². The SMILES string of the molecule is O=C1OCCC1NP(=O)(Oc1ccccc1)O[C@@H]1[C@@H](COP(=O)(N[C@H]2CCOC2=O)Oc2ccccc2)O[C@@H](n2ccc(=O)[nH]c2=O)C1(F)F. The molecule has 17 nitrogen and oxygen atoms in total. The summed E-state index contributed by atoms with van der Waals surface area (Å²) in [5.41, 5.74) is -2.17. The Morgan fingerprint density at radius 3 is 1.88 bits per heavy atom. The van der Waals surface area contributed by atoms with Crippen molar-refractivity contribution in [3.8, 4) is 11.5 Å². The third-order valence-corrected chi connectivity index (χ3v) is 10.7. The Morgan fingerprint density at radius 2 is 1.36 bits per heavy atom. The summed E-state index contributed by atoms with van der Waals surface area (Å²) in [5.74, 6) is -5.93. The second-order valence-electron chi connectivity index (χ2n) is 11.1. The van der Waals surface area contributed by atoms with Crippen LogP contribution in [0.2, 0.25) is 0 Å². The van der Waals surface area contributed by atoms with E-state index in [0.717, 1.165) is 12.3 Å². The van der Waals surface area contributed by atoms with E-state index >= 15 is 8.78 Å². The topological polar surface area (TPSA) is 212 Å². The number of ether oxygens (including phenoxy) is 3. The molecule has 0 bridgehead atoms. The predicted octanol–water partition coefficient (Wildman–Crippen LogP) is 2.66. The third kappa shape index (κ3) is 8.05. The number of rotatable bonds is 14. The first-order valence-electron chi connectivity index (χ1n) is 15.1. The zero-order valence-electron chi connectivity index (χ0n) is 25.8. The smallest absolute Gasteiger partial charge is 0.460 e. The minimum absolute atomic E-state index is 0.000886. The van der Waals surface area contributed by atoms with E-state index in [2.05, 4.69) is 10.2 Å². The van der Waals surface area contributed by atoms with Gasteiger partial charge in [0.2, 0.25) is 6.23 Å². The van der Waals surface area contributed by atoms with E-state index in [0.29, 0.717) is 4.57 Å². The summed E-state index contributed by atoms with van der Waals surface area (Å²) in [7, 11) is -9.59. The average molecular weight is 743 g/mol. The number of halogens is 2. The number of para-hydroxylation sites is 2. The molecule has 2 aromatic carbocycles. The van der Waals surface area contributed by atoms with E-state index in [1.807, 2.05) is 4.98 Å². The minimum Gasteiger partial charge on any atom is -0.464 e. The quantitative estimate of drug-likeness (QED) is 0.160. The average Bonchev–Trinajstić information content (AvgIpc) is 3.73. The number of H-pyrrole nitrogens is 1. The van der Waals surface area contributed by atoms with Crippen LogP contribution in [0.4, 0.5) is 8.78 Å². The summed E-state index contributed by atoms with van der Waals surface area (Å²) in [6.07, 6.45) is -6.26. The van der Waals surface area contributed by atoms with Gasteiger partial charge in [-0.1, -0.05) is 36.4 Å². The summed E-state index contributed by atoms with van der Waals surface area (Å²) in [6.45, 7) is -1.09. The van der Waals surface area contributed by atoms with Crippen molar-refractivity contribution < 1.29 is 59.8 Å². The molecule has 0 radical (unpaired) electrons. The van der Waals surface area contributed by atoms with Crippen LogP contribution in [0.25, 0.3) is 0 Å². The summed E-state index contributed by atoms with van der Waals surface area (Å²) in [5, 5.41) is 4.81. The first kappa shape index (κ1) is 35.6. The molecular formula is C29H30F2N4O13P2. The Balaban J connectivity index is 1.34. The standard InChI is InChI=1S/C29H30F2N4O13P2/c30-29(31)24(48-50(41,34-21-13-16-43-26(21)38)47-19-9-5-2-6-10-19)22(45-27(29)35-14-11-23(36)32-28(35)39)17-44-49(40,33-20-12-15-42-25(20)37)46-18-7-3-1-4-8-18/h1-11,14,20-22,24,27H,12-13,15-17H2,(H,33,40)(H,34,41)(H,32,36,39)/t20-,21?,22+,24+,27+,49?,50?/m0/s1. The van der Waals surface area contributed by atoms with Crippen LogP contribution in [-0.2, 0) is 42.0 Å². The van der Waals surface area contributed by atoms with Crippen LogP contribution >= 0.6 is 15.5 Å². The maximum absolute atomic E-state index is 16.5. The van der Waals surface area contributed by atoms with Crippen LogP contribution < -0.4 is 30.5 Å². The number of carbonyl (C=O) groups excluding carboxylic acids is 2. The van der Waals surface area contributed by atoms with E-state index in [-0.39, 0.29) is 37.6 Å². The van der Waals surface area contributed by atoms with Gasteiger partial charge in [-0.2, -0.15) is 19.0 Å². The number of carbonyl (C=O) groups is 2. The monoisotopic (exact) mass is 742 g/mol. The van der Waals surface area contributed by atoms with Crippen LogP contribution in [0.5, 0.6) is 11.5 Å². The molecule has 0 saturated carbocycles. The summed E-state index contributed by atoms with van der Waals surface area (Å²) < 4.78 is 99.3. The van der Waals surface area contributed by atoms with Gasteiger partial charge < -0.3 is 23.3 Å². The molecule has 1 aromatic heterocycles. The Morgan fingerprint density at radius 1 is 0.820 bits per heavy atom. The number of aromatic amines is 1. The Hall–Kier alpha value is -4.22. The summed E-state index contributed by atoms with van der Waals surface area (Å²) in [4.78, 5) is 50.7. The van der Waals surface area contributed by atoms with E-state index in [4.69, 9.17) is 32.3 Å². The molecule has 6 rings (SSSR count). The fourth-order valence-corrected chi connectivity index (χ4v) is 8.47. The molecule has 3 N–H and O–H groups in total. The highest BCUT2D eigenvalue weighted by Gasteiger charge is 2.64. The third-order valence-electron chi connectivity index (χ3n) is 7.55. The molecule has 268 valence electrons. The number of benzene rings is 2. The normalized spacial score (nSPS) is 26.8. The summed E-state index contributed by atoms with van der Waals surface area (Å²) >= 11 is 0. The van der Waals surface area contributed by atoms with Gasteiger partial charge in [0.15, 0.2) is 6.10 Å². The highest BCUT2D eigenvalue weighted by molar-refractivity contribution is 7.52. The molecule has 0 spiro atoms. The number of esters is 2. The molecule has 0 amide bonds. The number of aromatic nitrogens is 2. The number of alkyl halides is 2. The van der Waals surface area contributed by atoms with Crippen molar-refractivity contribution in [1.29, 1.82) is 0 Å². The number of hydrogen-bond donors (Lipinski definition) is 3. The van der Waals surface area contributed by atoms with E-state index in [1.54, 1.807) is 24.3 Å². The molecule has 3 unspecified atom stereocenters. The van der Waals surface area contributed by atoms with E-state index < -0.39 is 81.7 Å². The Bertz CT molecular complexity index is 1920. The van der Waals surface area contributed by atoms with Gasteiger partial charge >= 0.3 is 39.0 Å². The fraction of sp³-hybridized carbons (Fsp3) is 0.379. The van der Waals surface area contributed by atoms with E-state index in [1.165, 1.54) is 36.4 Å². The Labute approximate surface area is 281 Å². The van der Waals surface area contributed by atoms with Crippen LogP contribution in [0.1, 0.15) is 19.1 Å². The minimum atomic E-state index is -4.97. The summed E-state index contributed by atoms with van der Waals surface area (Å²) in [6, 6.07) is 13.3. The lowest BCUT2D eigenvalue weighted by Crippen LogP contribution is -2.45. The number of cyclic esters (lactones) is 2. The van der Waals surface area contributed by atoms with Gasteiger partial charge in [0.1, 0.15) is 29.7 Å². The maximum Gasteiger partial charge on any atom is 0.460 e. The van der Waals surface area contributed by atoms with Crippen LogP contribution in [0.3, 0.4) is 0 Å². The van der Waals surface area contributed by atoms with E-state index in [9.17, 15) is 28.3 Å². The molecule has 4 heterocycles. The number of nitrogens with one attached hydrogen (secondary N) is 3. The van der Waals surface area contributed by atoms with Crippen LogP contribution in [0, 0.1) is 0 Å². The van der Waals surface area contributed by atoms with Gasteiger partial charge in [-0.3, -0.25) is 33.0 Å². The highest BCUT2D eigenvalue weighted by Crippen LogP contribution is 2.55. The lowest BCUT2D eigenvalue weighted by atomic mass is 10.1. The molecule has 3 saturated heterocycles. The molecule has 3 aliphatic heterocycles. The molecule has 3 aromatic rings. The highest BCUT2D eigenvalue weighted by atomic mass is 31.2. The van der Waals surface area contributed by atoms with Gasteiger partial charge in [0, 0.05) is 25.1 Å². The lowest BCUT2D eigenvalue weighted by Gasteiger charge is -2.29. The first-order valence-corrected chi connectivity index (χ1v) is 18.2. The van der Waals surface area contributed by atoms with Gasteiger partial charge in [-0.25, -0.2) is 13.9 Å². The van der Waals surface area contributed by atoms with Crippen molar-refractivity contribution >= 4 is 27.4 Å². The lowest BCUT2D eigenvalue weighted by molar-refractivity contribution is -0.140. The first-order chi connectivity index (χ1) is 23.8. The maximum atomic E-state index is 16.5. The van der Waals surface area contributed by atoms with Crippen molar-refractivity contribution in [2.45, 2.75) is 49.3 Å². The fourth-order valence-electron chi connectivity index (χ4n) is 5.18.